The first-order chi connectivity index (χ1) is 12.1. The molecule has 0 aliphatic heterocycles. The van der Waals surface area contributed by atoms with E-state index in [-0.39, 0.29) is 12.3 Å². The maximum absolute atomic E-state index is 11.8. The minimum absolute atomic E-state index is 0.0991. The van der Waals surface area contributed by atoms with Crippen LogP contribution in [0.25, 0.3) is 11.1 Å². The summed E-state index contributed by atoms with van der Waals surface area (Å²) in [7, 11) is 1.88. The average Bonchev–Trinajstić information content (AvgIpc) is 3.20. The maximum Gasteiger partial charge on any atom is 0.226 e. The number of nitrogens with two attached hydrogens (primary N) is 1. The number of thiazole rings is 1. The van der Waals surface area contributed by atoms with Gasteiger partial charge in [0.2, 0.25) is 5.91 Å². The highest BCUT2D eigenvalue weighted by atomic mass is 32.1. The van der Waals surface area contributed by atoms with Crippen LogP contribution in [0.4, 0.5) is 5.13 Å². The normalized spacial score (nSPS) is 10.6. The third-order valence-corrected chi connectivity index (χ3v) is 4.20. The Kier molecular flexibility index (Phi) is 5.30. The van der Waals surface area contributed by atoms with E-state index >= 15 is 0 Å². The summed E-state index contributed by atoms with van der Waals surface area (Å²) in [6.45, 7) is 0.816. The van der Waals surface area contributed by atoms with Crippen molar-refractivity contribution >= 4 is 22.4 Å². The van der Waals surface area contributed by atoms with Gasteiger partial charge < -0.3 is 15.8 Å². The molecule has 1 amide bonds. The van der Waals surface area contributed by atoms with E-state index in [1.165, 1.54) is 11.3 Å². The Morgan fingerprint density at radius 2 is 2.28 bits per heavy atom. The van der Waals surface area contributed by atoms with Crippen molar-refractivity contribution in [2.75, 3.05) is 18.9 Å². The van der Waals surface area contributed by atoms with Crippen molar-refractivity contribution in [1.82, 2.24) is 20.1 Å². The van der Waals surface area contributed by atoms with Gasteiger partial charge in [0.1, 0.15) is 12.4 Å². The highest BCUT2D eigenvalue weighted by Crippen LogP contribution is 2.23. The summed E-state index contributed by atoms with van der Waals surface area (Å²) < 4.78 is 7.46. The predicted octanol–water partition coefficient (Wildman–Crippen LogP) is 1.86. The molecule has 130 valence electrons. The molecule has 1 aromatic carbocycles. The Balaban J connectivity index is 1.45. The van der Waals surface area contributed by atoms with Crippen molar-refractivity contribution in [2.45, 2.75) is 6.42 Å². The molecule has 3 rings (SSSR count). The standard InChI is InChI=1S/C17H19N5O2S/c1-22-10-13(9-20-22)12-3-2-4-15(7-12)24-6-5-19-16(23)8-14-11-25-17(18)21-14/h2-4,7,9-11H,5-6,8H2,1H3,(H2,18,21)(H,19,23). The van der Waals surface area contributed by atoms with Gasteiger partial charge in [-0.3, -0.25) is 9.48 Å². The summed E-state index contributed by atoms with van der Waals surface area (Å²) in [5, 5.41) is 9.24. The molecular formula is C17H19N5O2S. The molecule has 0 aliphatic rings. The van der Waals surface area contributed by atoms with Crippen LogP contribution in [-0.2, 0) is 18.3 Å². The molecule has 0 bridgehead atoms. The number of hydrogen-bond donors (Lipinski definition) is 2. The lowest BCUT2D eigenvalue weighted by Gasteiger charge is -2.08. The van der Waals surface area contributed by atoms with Gasteiger partial charge in [-0.1, -0.05) is 12.1 Å². The Morgan fingerprint density at radius 3 is 3.00 bits per heavy atom. The number of aryl methyl sites for hydroxylation is 1. The number of ether oxygens (including phenoxy) is 1. The van der Waals surface area contributed by atoms with Gasteiger partial charge in [0.15, 0.2) is 5.13 Å². The fraction of sp³-hybridized carbons (Fsp3) is 0.235. The molecule has 0 saturated carbocycles. The van der Waals surface area contributed by atoms with Gasteiger partial charge in [0.25, 0.3) is 0 Å². The van der Waals surface area contributed by atoms with E-state index in [4.69, 9.17) is 10.5 Å². The van der Waals surface area contributed by atoms with E-state index in [1.54, 1.807) is 10.1 Å². The van der Waals surface area contributed by atoms with Gasteiger partial charge in [-0.25, -0.2) is 4.98 Å². The predicted molar refractivity (Wildman–Crippen MR) is 97.4 cm³/mol. The van der Waals surface area contributed by atoms with Crippen LogP contribution in [0.5, 0.6) is 5.75 Å². The summed E-state index contributed by atoms with van der Waals surface area (Å²) in [6.07, 6.45) is 3.99. The monoisotopic (exact) mass is 357 g/mol. The van der Waals surface area contributed by atoms with Crippen LogP contribution < -0.4 is 15.8 Å². The first-order valence-electron chi connectivity index (χ1n) is 7.78. The fourth-order valence-corrected chi connectivity index (χ4v) is 2.89. The summed E-state index contributed by atoms with van der Waals surface area (Å²) >= 11 is 1.33. The number of nitrogens with zero attached hydrogens (tertiary/aromatic N) is 3. The Labute approximate surface area is 149 Å². The second kappa shape index (κ2) is 7.80. The molecule has 3 N–H and O–H groups in total. The average molecular weight is 357 g/mol. The van der Waals surface area contributed by atoms with Crippen LogP contribution in [-0.4, -0.2) is 33.8 Å². The van der Waals surface area contributed by atoms with Gasteiger partial charge in [-0.15, -0.1) is 11.3 Å². The second-order valence-corrected chi connectivity index (χ2v) is 6.37. The van der Waals surface area contributed by atoms with Crippen LogP contribution in [0, 0.1) is 0 Å². The zero-order valence-corrected chi connectivity index (χ0v) is 14.6. The zero-order valence-electron chi connectivity index (χ0n) is 13.8. The summed E-state index contributed by atoms with van der Waals surface area (Å²) in [5.74, 6) is 0.654. The second-order valence-electron chi connectivity index (χ2n) is 5.48. The van der Waals surface area contributed by atoms with Crippen molar-refractivity contribution in [1.29, 1.82) is 0 Å². The van der Waals surface area contributed by atoms with E-state index in [9.17, 15) is 4.79 Å². The lowest BCUT2D eigenvalue weighted by Crippen LogP contribution is -2.29. The molecule has 0 saturated heterocycles. The fourth-order valence-electron chi connectivity index (χ4n) is 2.33. The molecule has 0 atom stereocenters. The lowest BCUT2D eigenvalue weighted by atomic mass is 10.1. The number of hydrogen-bond acceptors (Lipinski definition) is 6. The van der Waals surface area contributed by atoms with E-state index in [0.717, 1.165) is 16.9 Å². The Morgan fingerprint density at radius 1 is 1.40 bits per heavy atom. The first kappa shape index (κ1) is 17.0. The van der Waals surface area contributed by atoms with Crippen molar-refractivity contribution in [3.63, 3.8) is 0 Å². The number of aromatic nitrogens is 3. The number of amides is 1. The number of carbonyl (C=O) groups is 1. The molecule has 0 aliphatic carbocycles. The SMILES string of the molecule is Cn1cc(-c2cccc(OCCNC(=O)Cc3csc(N)n3)c2)cn1. The molecule has 2 heterocycles. The van der Waals surface area contributed by atoms with Gasteiger partial charge in [0.05, 0.1) is 24.9 Å². The smallest absolute Gasteiger partial charge is 0.226 e. The summed E-state index contributed by atoms with van der Waals surface area (Å²) in [6, 6.07) is 7.78. The van der Waals surface area contributed by atoms with Crippen molar-refractivity contribution in [2.24, 2.45) is 7.05 Å². The summed E-state index contributed by atoms with van der Waals surface area (Å²) in [5.41, 5.74) is 8.30. The molecule has 8 heteroatoms. The van der Waals surface area contributed by atoms with Crippen molar-refractivity contribution in [3.05, 3.63) is 47.7 Å². The molecule has 7 nitrogen and oxygen atoms in total. The number of carbonyl (C=O) groups excluding carboxylic acids is 1. The van der Waals surface area contributed by atoms with E-state index in [1.807, 2.05) is 43.7 Å². The molecule has 0 spiro atoms. The van der Waals surface area contributed by atoms with Crippen LogP contribution in [0.3, 0.4) is 0 Å². The van der Waals surface area contributed by atoms with Crippen LogP contribution in [0.2, 0.25) is 0 Å². The Hall–Kier alpha value is -2.87. The zero-order chi connectivity index (χ0) is 17.6. The number of anilines is 1. The van der Waals surface area contributed by atoms with Crippen LogP contribution >= 0.6 is 11.3 Å². The largest absolute Gasteiger partial charge is 0.492 e. The third kappa shape index (κ3) is 4.80. The molecule has 3 aromatic rings. The minimum atomic E-state index is -0.0991. The quantitative estimate of drug-likeness (QED) is 0.630. The molecule has 0 radical (unpaired) electrons. The number of nitrogen functional groups attached to an aromatic ring is 1. The molecular weight excluding hydrogens is 338 g/mol. The molecule has 0 fully saturated rings. The number of rotatable bonds is 7. The van der Waals surface area contributed by atoms with E-state index < -0.39 is 0 Å². The summed E-state index contributed by atoms with van der Waals surface area (Å²) in [4.78, 5) is 15.9. The van der Waals surface area contributed by atoms with Gasteiger partial charge in [-0.05, 0) is 17.7 Å². The van der Waals surface area contributed by atoms with Crippen LogP contribution in [0.15, 0.2) is 42.0 Å². The highest BCUT2D eigenvalue weighted by molar-refractivity contribution is 7.13. The maximum atomic E-state index is 11.8. The van der Waals surface area contributed by atoms with E-state index in [0.29, 0.717) is 24.0 Å². The van der Waals surface area contributed by atoms with Gasteiger partial charge in [-0.2, -0.15) is 5.10 Å². The minimum Gasteiger partial charge on any atom is -0.492 e. The first-order valence-corrected chi connectivity index (χ1v) is 8.66. The Bertz CT molecular complexity index is 858. The highest BCUT2D eigenvalue weighted by Gasteiger charge is 2.06. The van der Waals surface area contributed by atoms with E-state index in [2.05, 4.69) is 15.4 Å². The number of benzene rings is 1. The van der Waals surface area contributed by atoms with Gasteiger partial charge in [0, 0.05) is 24.2 Å². The lowest BCUT2D eigenvalue weighted by molar-refractivity contribution is -0.120. The molecule has 25 heavy (non-hydrogen) atoms. The van der Waals surface area contributed by atoms with Gasteiger partial charge >= 0.3 is 0 Å². The van der Waals surface area contributed by atoms with Crippen molar-refractivity contribution in [3.8, 4) is 16.9 Å². The molecule has 0 unspecified atom stereocenters. The van der Waals surface area contributed by atoms with Crippen molar-refractivity contribution < 1.29 is 9.53 Å². The van der Waals surface area contributed by atoms with Crippen LogP contribution in [0.1, 0.15) is 5.69 Å². The topological polar surface area (TPSA) is 95.1 Å². The third-order valence-electron chi connectivity index (χ3n) is 3.48. The molecule has 2 aromatic heterocycles. The number of nitrogens with one attached hydrogen (secondary N) is 1.